The average molecular weight is 901 g/mol. The second-order valence-corrected chi connectivity index (χ2v) is 18.5. The molecule has 0 saturated carbocycles. The molecule has 1 aliphatic heterocycles. The molecule has 1 saturated heterocycles. The van der Waals surface area contributed by atoms with Crippen molar-refractivity contribution in [2.75, 3.05) is 39.3 Å². The molecule has 4 aromatic carbocycles. The number of rotatable bonds is 21. The van der Waals surface area contributed by atoms with Crippen LogP contribution in [0.25, 0.3) is 22.2 Å². The van der Waals surface area contributed by atoms with Crippen molar-refractivity contribution in [3.05, 3.63) is 142 Å². The summed E-state index contributed by atoms with van der Waals surface area (Å²) in [5.41, 5.74) is 3.38. The highest BCUT2D eigenvalue weighted by Gasteiger charge is 2.45. The fraction of sp³-hybridized carbons (Fsp3) is 0.392. The predicted molar refractivity (Wildman–Crippen MR) is 256 cm³/mol. The first kappa shape index (κ1) is 47.4. The summed E-state index contributed by atoms with van der Waals surface area (Å²) in [6.07, 6.45) is 0.718. The van der Waals surface area contributed by atoms with Crippen molar-refractivity contribution in [2.24, 2.45) is 5.92 Å². The van der Waals surface area contributed by atoms with Gasteiger partial charge in [-0.3, -0.25) is 9.78 Å². The van der Waals surface area contributed by atoms with Crippen LogP contribution in [0, 0.1) is 17.2 Å². The van der Waals surface area contributed by atoms with Crippen LogP contribution in [0.4, 0.5) is 5.95 Å². The van der Waals surface area contributed by atoms with E-state index >= 15 is 0 Å². The third kappa shape index (κ3) is 10.6. The highest BCUT2D eigenvalue weighted by atomic mass is 31.2. The van der Waals surface area contributed by atoms with Crippen LogP contribution in [-0.2, 0) is 24.1 Å². The molecule has 14 heteroatoms. The van der Waals surface area contributed by atoms with Gasteiger partial charge in [-0.25, -0.2) is 4.67 Å². The number of nitriles is 1. The summed E-state index contributed by atoms with van der Waals surface area (Å²) in [4.78, 5) is 22.1. The Morgan fingerprint density at radius 1 is 0.877 bits per heavy atom. The minimum Gasteiger partial charge on any atom is -0.497 e. The van der Waals surface area contributed by atoms with Gasteiger partial charge in [-0.15, -0.1) is 0 Å². The summed E-state index contributed by atoms with van der Waals surface area (Å²) < 4.78 is 43.7. The molecule has 4 atom stereocenters. The van der Waals surface area contributed by atoms with Gasteiger partial charge in [0.15, 0.2) is 5.65 Å². The molecule has 0 bridgehead atoms. The second kappa shape index (κ2) is 21.6. The van der Waals surface area contributed by atoms with Crippen molar-refractivity contribution < 1.29 is 28.0 Å². The number of anilines is 1. The van der Waals surface area contributed by atoms with Crippen molar-refractivity contribution in [3.63, 3.8) is 0 Å². The molecule has 2 aromatic heterocycles. The standard InChI is InChI=1S/C51H61N6O7P/c1-34(2)31-53-50-54-48-47(49(58)55-50)43(37-16-11-9-12-17-37)32-56(48)46-30-44(64-65(62-29-15-28-52)57(35(3)4)36(5)6)45(63-46)33-61-51(38-18-13-10-14-19-38,39-20-24-41(59-7)25-21-39)40-22-26-42(60-8)27-23-40/h9-14,16-27,32,34-36,44-46H,15,29-31,33H2,1-8H3,(H2,53,54,55,58)/t44-,45+,46+,65?/m0/s1. The summed E-state index contributed by atoms with van der Waals surface area (Å²) in [5.74, 6) is 2.13. The van der Waals surface area contributed by atoms with E-state index in [1.807, 2.05) is 108 Å². The zero-order valence-electron chi connectivity index (χ0n) is 38.6. The third-order valence-corrected chi connectivity index (χ3v) is 13.6. The maximum Gasteiger partial charge on any atom is 0.262 e. The largest absolute Gasteiger partial charge is 0.497 e. The number of nitrogens with one attached hydrogen (secondary N) is 2. The first-order valence-electron chi connectivity index (χ1n) is 22.3. The molecule has 65 heavy (non-hydrogen) atoms. The van der Waals surface area contributed by atoms with Gasteiger partial charge in [0.1, 0.15) is 29.4 Å². The Hall–Kier alpha value is -5.58. The SMILES string of the molecule is COc1ccc(C(OC[C@H]2O[C@@H](n3cc(-c4ccccc4)c4c(=O)[nH]c(NCC(C)C)nc43)C[C@@H]2OP(OCCC#N)N(C(C)C)C(C)C)(c2ccccc2)c2ccc(OC)cc2)cc1. The summed E-state index contributed by atoms with van der Waals surface area (Å²) in [6.45, 7) is 13.6. The molecule has 13 nitrogen and oxygen atoms in total. The van der Waals surface area contributed by atoms with Gasteiger partial charge >= 0.3 is 0 Å². The van der Waals surface area contributed by atoms with E-state index in [1.165, 1.54) is 0 Å². The van der Waals surface area contributed by atoms with Crippen LogP contribution < -0.4 is 20.3 Å². The normalized spacial score (nSPS) is 17.0. The maximum atomic E-state index is 14.1. The Morgan fingerprint density at radius 2 is 1.46 bits per heavy atom. The number of fused-ring (bicyclic) bond motifs is 1. The highest BCUT2D eigenvalue weighted by Crippen LogP contribution is 2.51. The molecule has 1 unspecified atom stereocenters. The zero-order chi connectivity index (χ0) is 46.1. The van der Waals surface area contributed by atoms with Gasteiger partial charge in [-0.2, -0.15) is 10.2 Å². The molecule has 1 fully saturated rings. The molecule has 0 radical (unpaired) electrons. The number of methoxy groups -OCH3 is 2. The number of hydrogen-bond donors (Lipinski definition) is 2. The number of H-pyrrole nitrogens is 1. The topological polar surface area (TPSA) is 145 Å². The van der Waals surface area contributed by atoms with Crippen LogP contribution in [0.2, 0.25) is 0 Å². The number of ether oxygens (including phenoxy) is 4. The summed E-state index contributed by atoms with van der Waals surface area (Å²) in [5, 5.41) is 13.3. The Labute approximate surface area is 383 Å². The van der Waals surface area contributed by atoms with Crippen molar-refractivity contribution >= 4 is 25.5 Å². The van der Waals surface area contributed by atoms with E-state index in [4.69, 9.17) is 33.0 Å². The molecule has 6 aromatic rings. The lowest BCUT2D eigenvalue weighted by Gasteiger charge is -2.39. The number of benzene rings is 4. The Balaban J connectivity index is 1.36. The van der Waals surface area contributed by atoms with Gasteiger partial charge in [-0.05, 0) is 80.1 Å². The van der Waals surface area contributed by atoms with Crippen LogP contribution in [0.15, 0.2) is 120 Å². The fourth-order valence-electron chi connectivity index (χ4n) is 8.42. The number of aromatic amines is 1. The number of nitrogens with zero attached hydrogens (tertiary/aromatic N) is 4. The molecule has 342 valence electrons. The molecule has 7 rings (SSSR count). The zero-order valence-corrected chi connectivity index (χ0v) is 39.5. The van der Waals surface area contributed by atoms with Crippen LogP contribution in [0.1, 0.15) is 77.3 Å². The highest BCUT2D eigenvalue weighted by molar-refractivity contribution is 7.44. The molecular formula is C51H61N6O7P. The van der Waals surface area contributed by atoms with Crippen LogP contribution in [0.3, 0.4) is 0 Å². The molecule has 0 spiro atoms. The van der Waals surface area contributed by atoms with E-state index in [0.29, 0.717) is 47.4 Å². The molecule has 0 aliphatic carbocycles. The van der Waals surface area contributed by atoms with Crippen molar-refractivity contribution in [1.82, 2.24) is 19.2 Å². The quantitative estimate of drug-likeness (QED) is 0.0404. The van der Waals surface area contributed by atoms with E-state index in [9.17, 15) is 10.1 Å². The van der Waals surface area contributed by atoms with E-state index in [-0.39, 0.29) is 37.3 Å². The van der Waals surface area contributed by atoms with Gasteiger partial charge in [-0.1, -0.05) is 98.8 Å². The smallest absolute Gasteiger partial charge is 0.262 e. The second-order valence-electron chi connectivity index (χ2n) is 17.1. The summed E-state index contributed by atoms with van der Waals surface area (Å²) >= 11 is 0. The van der Waals surface area contributed by atoms with E-state index < -0.39 is 32.6 Å². The molecule has 0 amide bonds. The summed E-state index contributed by atoms with van der Waals surface area (Å²) in [6, 6.07) is 38.2. The van der Waals surface area contributed by atoms with Crippen LogP contribution >= 0.6 is 8.53 Å². The van der Waals surface area contributed by atoms with Crippen LogP contribution in [-0.4, -0.2) is 77.5 Å². The predicted octanol–water partition coefficient (Wildman–Crippen LogP) is 10.4. The minimum absolute atomic E-state index is 0.0707. The fourth-order valence-corrected chi connectivity index (χ4v) is 10.2. The first-order valence-corrected chi connectivity index (χ1v) is 23.4. The average Bonchev–Trinajstić information content (AvgIpc) is 3.91. The van der Waals surface area contributed by atoms with Crippen molar-refractivity contribution in [2.45, 2.75) is 90.5 Å². The number of aromatic nitrogens is 3. The third-order valence-electron chi connectivity index (χ3n) is 11.5. The van der Waals surface area contributed by atoms with Gasteiger partial charge in [0.2, 0.25) is 5.95 Å². The Morgan fingerprint density at radius 3 is 2.02 bits per heavy atom. The Bertz CT molecular complexity index is 2490. The monoisotopic (exact) mass is 900 g/mol. The lowest BCUT2D eigenvalue weighted by molar-refractivity contribution is -0.0911. The van der Waals surface area contributed by atoms with Gasteiger partial charge < -0.3 is 37.9 Å². The summed E-state index contributed by atoms with van der Waals surface area (Å²) in [7, 11) is 1.62. The van der Waals surface area contributed by atoms with Crippen LogP contribution in [0.5, 0.6) is 11.5 Å². The van der Waals surface area contributed by atoms with Gasteiger partial charge in [0.05, 0.1) is 51.4 Å². The number of hydrogen-bond acceptors (Lipinski definition) is 11. The molecule has 2 N–H and O–H groups in total. The van der Waals surface area contributed by atoms with Crippen molar-refractivity contribution in [3.8, 4) is 28.7 Å². The lowest BCUT2D eigenvalue weighted by atomic mass is 9.80. The lowest BCUT2D eigenvalue weighted by Crippen LogP contribution is -2.39. The Kier molecular flexibility index (Phi) is 15.8. The molecule has 1 aliphatic rings. The van der Waals surface area contributed by atoms with Crippen molar-refractivity contribution in [1.29, 1.82) is 5.26 Å². The maximum absolute atomic E-state index is 14.1. The molecule has 3 heterocycles. The van der Waals surface area contributed by atoms with E-state index in [0.717, 1.165) is 27.8 Å². The van der Waals surface area contributed by atoms with Gasteiger partial charge in [0.25, 0.3) is 14.1 Å². The van der Waals surface area contributed by atoms with E-state index in [2.05, 4.69) is 74.7 Å². The first-order chi connectivity index (χ1) is 31.5. The molecular weight excluding hydrogens is 840 g/mol. The minimum atomic E-state index is -1.68. The van der Waals surface area contributed by atoms with Gasteiger partial charge in [0, 0.05) is 36.8 Å². The van der Waals surface area contributed by atoms with E-state index in [1.54, 1.807) is 14.2 Å².